The van der Waals surface area contributed by atoms with Gasteiger partial charge in [-0.15, -0.1) is 0 Å². The molecule has 0 spiro atoms. The minimum atomic E-state index is -0.792. The van der Waals surface area contributed by atoms with Crippen molar-refractivity contribution >= 4 is 65.0 Å². The van der Waals surface area contributed by atoms with E-state index >= 15 is 0 Å². The van der Waals surface area contributed by atoms with Gasteiger partial charge in [0, 0.05) is 21.1 Å². The van der Waals surface area contributed by atoms with Gasteiger partial charge in [0.05, 0.1) is 26.9 Å². The topological polar surface area (TPSA) is 144 Å². The highest BCUT2D eigenvalue weighted by atomic mass is 79.9. The number of nitrogens with one attached hydrogen (secondary N) is 2. The number of nitro benzene ring substituents is 2. The van der Waals surface area contributed by atoms with Crippen LogP contribution in [0.2, 0.25) is 0 Å². The van der Waals surface area contributed by atoms with Crippen LogP contribution in [0.1, 0.15) is 0 Å². The molecule has 10 nitrogen and oxygen atoms in total. The largest absolute Gasteiger partial charge is 0.284 e. The van der Waals surface area contributed by atoms with Gasteiger partial charge in [-0.3, -0.25) is 30.4 Å². The first-order valence-electron chi connectivity index (χ1n) is 7.02. The van der Waals surface area contributed by atoms with E-state index in [-0.39, 0.29) is 22.3 Å². The van der Waals surface area contributed by atoms with Crippen molar-refractivity contribution in [3.63, 3.8) is 0 Å². The summed E-state index contributed by atoms with van der Waals surface area (Å²) in [5, 5.41) is 33.7. The fourth-order valence-corrected chi connectivity index (χ4v) is 3.23. The Hall–Kier alpha value is -2.93. The first-order chi connectivity index (χ1) is 12.8. The summed E-state index contributed by atoms with van der Waals surface area (Å²) in [5.41, 5.74) is 0.628. The van der Waals surface area contributed by atoms with E-state index in [0.29, 0.717) is 19.8 Å². The third-order valence-corrected chi connectivity index (χ3v) is 4.37. The van der Waals surface area contributed by atoms with Crippen LogP contribution in [0.15, 0.2) is 39.4 Å². The zero-order chi connectivity index (χ0) is 19.7. The van der Waals surface area contributed by atoms with Crippen LogP contribution in [0.25, 0.3) is 21.8 Å². The van der Waals surface area contributed by atoms with Crippen LogP contribution in [0, 0.1) is 26.2 Å². The van der Waals surface area contributed by atoms with Crippen molar-refractivity contribution in [2.24, 2.45) is 0 Å². The summed E-state index contributed by atoms with van der Waals surface area (Å²) < 4.78 is 14.2. The monoisotopic (exact) mass is 500 g/mol. The summed E-state index contributed by atoms with van der Waals surface area (Å²) in [7, 11) is 0. The van der Waals surface area contributed by atoms with Crippen LogP contribution in [-0.4, -0.2) is 30.2 Å². The minimum Gasteiger partial charge on any atom is -0.278 e. The van der Waals surface area contributed by atoms with Crippen LogP contribution >= 0.6 is 31.9 Å². The molecule has 0 saturated heterocycles. The Morgan fingerprint density at radius 1 is 0.963 bits per heavy atom. The maximum absolute atomic E-state index is 13.1. The maximum atomic E-state index is 13.1. The van der Waals surface area contributed by atoms with Crippen molar-refractivity contribution < 1.29 is 14.2 Å². The van der Waals surface area contributed by atoms with E-state index in [0.717, 1.165) is 0 Å². The van der Waals surface area contributed by atoms with E-state index in [1.807, 2.05) is 0 Å². The third-order valence-electron chi connectivity index (χ3n) is 3.45. The van der Waals surface area contributed by atoms with Gasteiger partial charge < -0.3 is 0 Å². The Kier molecular flexibility index (Phi) is 5.14. The van der Waals surface area contributed by atoms with Gasteiger partial charge in [-0.05, 0) is 12.1 Å². The molecule has 0 aliphatic rings. The lowest BCUT2D eigenvalue weighted by molar-refractivity contribution is -0.383. The molecule has 2 heterocycles. The molecule has 2 N–H and O–H groups in total. The van der Waals surface area contributed by atoms with Crippen molar-refractivity contribution in [3.05, 3.63) is 65.6 Å². The Balaban J connectivity index is 0.000000156. The van der Waals surface area contributed by atoms with Crippen LogP contribution in [-0.2, 0) is 0 Å². The zero-order valence-electron chi connectivity index (χ0n) is 12.9. The minimum absolute atomic E-state index is 0.0538. The summed E-state index contributed by atoms with van der Waals surface area (Å²) in [6.45, 7) is 0. The lowest BCUT2D eigenvalue weighted by atomic mass is 10.2. The fourth-order valence-electron chi connectivity index (χ4n) is 2.35. The van der Waals surface area contributed by atoms with E-state index in [1.54, 1.807) is 6.07 Å². The standard InChI is InChI=1S/C7H3BrFN3O2.C7H4BrN3O2/c8-3-1-4-6(7(9)11-10-4)5(2-3)12(13)14;8-4-1-6-5(3-9-10-6)7(2-4)11(12)13/h1-2H,(H,10,11);1-3H,(H,9,10). The van der Waals surface area contributed by atoms with Crippen LogP contribution in [0.5, 0.6) is 0 Å². The summed E-state index contributed by atoms with van der Waals surface area (Å²) in [6, 6.07) is 5.94. The van der Waals surface area contributed by atoms with E-state index in [2.05, 4.69) is 52.3 Å². The molecule has 2 aromatic heterocycles. The number of aromatic nitrogens is 4. The number of hydrogen-bond acceptors (Lipinski definition) is 6. The normalized spacial score (nSPS) is 10.6. The van der Waals surface area contributed by atoms with Gasteiger partial charge in [-0.1, -0.05) is 31.9 Å². The highest BCUT2D eigenvalue weighted by Gasteiger charge is 2.19. The number of nitro groups is 2. The number of hydrogen-bond donors (Lipinski definition) is 2. The SMILES string of the molecule is O=[N+]([O-])c1cc(Br)cc2[nH]ncc12.O=[N+]([O-])c1cc(Br)cc2n[nH]c(F)c12. The molecule has 4 rings (SSSR count). The molecule has 0 unspecified atom stereocenters. The number of fused-ring (bicyclic) bond motifs is 2. The number of halogens is 3. The summed E-state index contributed by atoms with van der Waals surface area (Å²) in [4.78, 5) is 20.1. The van der Waals surface area contributed by atoms with Crippen LogP contribution < -0.4 is 0 Å². The highest BCUT2D eigenvalue weighted by molar-refractivity contribution is 9.10. The van der Waals surface area contributed by atoms with Crippen LogP contribution in [0.3, 0.4) is 0 Å². The van der Waals surface area contributed by atoms with Gasteiger partial charge in [0.2, 0.25) is 5.95 Å². The second-order valence-corrected chi connectivity index (χ2v) is 6.96. The van der Waals surface area contributed by atoms with Crippen molar-refractivity contribution in [1.29, 1.82) is 0 Å². The summed E-state index contributed by atoms with van der Waals surface area (Å²) in [5.74, 6) is -0.792. The molecular weight excluding hydrogens is 495 g/mol. The van der Waals surface area contributed by atoms with E-state index in [4.69, 9.17) is 0 Å². The third kappa shape index (κ3) is 3.78. The maximum Gasteiger partial charge on any atom is 0.284 e. The van der Waals surface area contributed by atoms with Gasteiger partial charge in [0.25, 0.3) is 11.4 Å². The van der Waals surface area contributed by atoms with Crippen LogP contribution in [0.4, 0.5) is 15.8 Å². The Morgan fingerprint density at radius 2 is 1.59 bits per heavy atom. The molecular formula is C14H7Br2FN6O4. The van der Waals surface area contributed by atoms with Gasteiger partial charge in [0.1, 0.15) is 10.9 Å². The molecule has 27 heavy (non-hydrogen) atoms. The second kappa shape index (κ2) is 7.36. The first-order valence-corrected chi connectivity index (χ1v) is 8.61. The molecule has 2 aromatic carbocycles. The molecule has 0 bridgehead atoms. The van der Waals surface area contributed by atoms with Gasteiger partial charge in [0.15, 0.2) is 0 Å². The van der Waals surface area contributed by atoms with Crippen molar-refractivity contribution in [1.82, 2.24) is 20.4 Å². The smallest absolute Gasteiger partial charge is 0.278 e. The Bertz CT molecular complexity index is 1190. The van der Waals surface area contributed by atoms with Gasteiger partial charge in [-0.2, -0.15) is 14.6 Å². The van der Waals surface area contributed by atoms with Crippen molar-refractivity contribution in [2.75, 3.05) is 0 Å². The predicted molar refractivity (Wildman–Crippen MR) is 101 cm³/mol. The zero-order valence-corrected chi connectivity index (χ0v) is 16.1. The molecule has 13 heteroatoms. The molecule has 0 fully saturated rings. The molecule has 0 saturated carbocycles. The fraction of sp³-hybridized carbons (Fsp3) is 0. The summed E-state index contributed by atoms with van der Waals surface area (Å²) in [6.07, 6.45) is 1.44. The quantitative estimate of drug-likeness (QED) is 0.303. The number of non-ortho nitro benzene ring substituents is 2. The average Bonchev–Trinajstić information content (AvgIpc) is 3.20. The van der Waals surface area contributed by atoms with E-state index in [1.165, 1.54) is 24.4 Å². The molecule has 4 aromatic rings. The molecule has 0 atom stereocenters. The van der Waals surface area contributed by atoms with Crippen molar-refractivity contribution in [2.45, 2.75) is 0 Å². The summed E-state index contributed by atoms with van der Waals surface area (Å²) >= 11 is 6.26. The average molecular weight is 502 g/mol. The predicted octanol–water partition coefficient (Wildman–Crippen LogP) is 4.61. The van der Waals surface area contributed by atoms with Crippen molar-refractivity contribution in [3.8, 4) is 0 Å². The number of benzene rings is 2. The molecule has 0 amide bonds. The molecule has 138 valence electrons. The van der Waals surface area contributed by atoms with E-state index < -0.39 is 15.8 Å². The lowest BCUT2D eigenvalue weighted by Crippen LogP contribution is -1.89. The lowest BCUT2D eigenvalue weighted by Gasteiger charge is -1.94. The number of rotatable bonds is 2. The molecule has 0 radical (unpaired) electrons. The van der Waals surface area contributed by atoms with Gasteiger partial charge in [-0.25, -0.2) is 0 Å². The molecule has 0 aliphatic carbocycles. The molecule has 0 aliphatic heterocycles. The van der Waals surface area contributed by atoms with E-state index in [9.17, 15) is 24.6 Å². The number of H-pyrrole nitrogens is 2. The Labute approximate surface area is 165 Å². The second-order valence-electron chi connectivity index (χ2n) is 5.13. The Morgan fingerprint density at radius 3 is 2.26 bits per heavy atom. The first kappa shape index (κ1) is 18.8. The highest BCUT2D eigenvalue weighted by Crippen LogP contribution is 2.30. The number of aromatic amines is 2. The number of nitrogens with zero attached hydrogens (tertiary/aromatic N) is 4. The van der Waals surface area contributed by atoms with Gasteiger partial charge >= 0.3 is 0 Å².